The predicted molar refractivity (Wildman–Crippen MR) is 71.2 cm³/mol. The molecule has 0 fully saturated rings. The number of aryl methyl sites for hydroxylation is 1. The number of hydrogen-bond donors (Lipinski definition) is 0. The van der Waals surface area contributed by atoms with E-state index in [9.17, 15) is 22.8 Å². The molecule has 0 unspecified atom stereocenters. The van der Waals surface area contributed by atoms with Gasteiger partial charge in [0.1, 0.15) is 17.3 Å². The van der Waals surface area contributed by atoms with Crippen LogP contribution in [0.3, 0.4) is 0 Å². The van der Waals surface area contributed by atoms with Crippen LogP contribution in [0.2, 0.25) is 0 Å². The number of rotatable bonds is 9. The summed E-state index contributed by atoms with van der Waals surface area (Å²) >= 11 is 0. The summed E-state index contributed by atoms with van der Waals surface area (Å²) in [7, 11) is 0. The van der Waals surface area contributed by atoms with Crippen LogP contribution in [0.15, 0.2) is 24.3 Å². The van der Waals surface area contributed by atoms with Gasteiger partial charge in [-0.15, -0.1) is 0 Å². The van der Waals surface area contributed by atoms with E-state index in [0.29, 0.717) is 12.0 Å². The first-order valence-corrected chi connectivity index (χ1v) is 6.55. The highest BCUT2D eigenvalue weighted by Gasteiger charge is 2.31. The Morgan fingerprint density at radius 2 is 1.90 bits per heavy atom. The average Bonchev–Trinajstić information content (AvgIpc) is 2.43. The highest BCUT2D eigenvalue weighted by atomic mass is 19.3. The number of Topliss-reactive ketones (excluding diaryl/α,β-unsaturated/α-hetero) is 2. The molecule has 0 bridgehead atoms. The molecule has 1 aromatic carbocycles. The van der Waals surface area contributed by atoms with Crippen molar-refractivity contribution in [3.63, 3.8) is 0 Å². The van der Waals surface area contributed by atoms with Crippen LogP contribution in [0.5, 0.6) is 5.75 Å². The second kappa shape index (κ2) is 7.81. The average molecular weight is 302 g/mol. The topological polar surface area (TPSA) is 43.4 Å². The van der Waals surface area contributed by atoms with E-state index in [2.05, 4.69) is 4.74 Å². The van der Waals surface area contributed by atoms with E-state index < -0.39 is 12.8 Å². The van der Waals surface area contributed by atoms with Gasteiger partial charge in [-0.1, -0.05) is 12.1 Å². The van der Waals surface area contributed by atoms with E-state index in [1.165, 1.54) is 25.1 Å². The van der Waals surface area contributed by atoms with Gasteiger partial charge in [0.2, 0.25) is 0 Å². The molecule has 116 valence electrons. The predicted octanol–water partition coefficient (Wildman–Crippen LogP) is 3.50. The summed E-state index contributed by atoms with van der Waals surface area (Å²) in [4.78, 5) is 22.3. The molecule has 0 saturated heterocycles. The molecule has 0 aliphatic heterocycles. The van der Waals surface area contributed by atoms with Gasteiger partial charge >= 0.3 is 6.11 Å². The Kier molecular flexibility index (Phi) is 6.39. The van der Waals surface area contributed by atoms with E-state index in [1.807, 2.05) is 0 Å². The summed E-state index contributed by atoms with van der Waals surface area (Å²) in [5.41, 5.74) is 0.637. The first kappa shape index (κ1) is 17.2. The smallest absolute Gasteiger partial charge is 0.427 e. The minimum Gasteiger partial charge on any atom is -0.431 e. The molecule has 0 atom stereocenters. The molecule has 0 amide bonds. The molecule has 3 nitrogen and oxygen atoms in total. The van der Waals surface area contributed by atoms with Crippen molar-refractivity contribution in [3.8, 4) is 5.75 Å². The number of alkyl halides is 3. The molecule has 1 aromatic rings. The SMILES string of the molecule is CC(=O)CCC(=O)CCc1cccc(OC(F)(F)CF)c1. The Morgan fingerprint density at radius 1 is 1.19 bits per heavy atom. The van der Waals surface area contributed by atoms with E-state index in [4.69, 9.17) is 0 Å². The van der Waals surface area contributed by atoms with Gasteiger partial charge in [0.25, 0.3) is 0 Å². The molecular formula is C15H17F3O3. The summed E-state index contributed by atoms with van der Waals surface area (Å²) in [6, 6.07) is 5.81. The highest BCUT2D eigenvalue weighted by molar-refractivity contribution is 5.84. The zero-order valence-corrected chi connectivity index (χ0v) is 11.7. The van der Waals surface area contributed by atoms with Crippen molar-refractivity contribution in [2.45, 2.75) is 38.7 Å². The van der Waals surface area contributed by atoms with Crippen LogP contribution in [0.4, 0.5) is 13.2 Å². The molecule has 0 heterocycles. The molecule has 0 aromatic heterocycles. The monoisotopic (exact) mass is 302 g/mol. The number of ketones is 2. The third kappa shape index (κ3) is 6.92. The van der Waals surface area contributed by atoms with Crippen LogP contribution in [0.1, 0.15) is 31.7 Å². The Morgan fingerprint density at radius 3 is 2.52 bits per heavy atom. The van der Waals surface area contributed by atoms with E-state index in [-0.39, 0.29) is 36.6 Å². The van der Waals surface area contributed by atoms with Crippen LogP contribution >= 0.6 is 0 Å². The molecule has 0 aliphatic rings. The van der Waals surface area contributed by atoms with Crippen molar-refractivity contribution in [1.82, 2.24) is 0 Å². The van der Waals surface area contributed by atoms with Crippen molar-refractivity contribution in [1.29, 1.82) is 0 Å². The minimum absolute atomic E-state index is 0.0489. The van der Waals surface area contributed by atoms with Crippen molar-refractivity contribution in [3.05, 3.63) is 29.8 Å². The molecule has 0 spiro atoms. The molecule has 0 saturated carbocycles. The third-order valence-corrected chi connectivity index (χ3v) is 2.77. The lowest BCUT2D eigenvalue weighted by atomic mass is 10.0. The first-order chi connectivity index (χ1) is 9.82. The fourth-order valence-corrected chi connectivity index (χ4v) is 1.69. The normalized spacial score (nSPS) is 11.2. The van der Waals surface area contributed by atoms with E-state index in [1.54, 1.807) is 6.07 Å². The minimum atomic E-state index is -3.85. The Balaban J connectivity index is 2.53. The second-order valence-electron chi connectivity index (χ2n) is 4.76. The second-order valence-corrected chi connectivity index (χ2v) is 4.76. The standard InChI is InChI=1S/C15H17F3O3/c1-11(19)5-7-13(20)8-6-12-3-2-4-14(9-12)21-15(17,18)10-16/h2-4,9H,5-8,10H2,1H3. The lowest BCUT2D eigenvalue weighted by Gasteiger charge is -2.15. The summed E-state index contributed by atoms with van der Waals surface area (Å²) in [6.45, 7) is -0.486. The molecule has 1 rings (SSSR count). The van der Waals surface area contributed by atoms with Gasteiger partial charge in [-0.3, -0.25) is 4.79 Å². The largest absolute Gasteiger partial charge is 0.431 e. The maximum Gasteiger partial charge on any atom is 0.427 e. The van der Waals surface area contributed by atoms with Gasteiger partial charge in [-0.05, 0) is 31.0 Å². The quantitative estimate of drug-likeness (QED) is 0.701. The molecular weight excluding hydrogens is 285 g/mol. The lowest BCUT2D eigenvalue weighted by molar-refractivity contribution is -0.186. The van der Waals surface area contributed by atoms with Crippen LogP contribution in [-0.2, 0) is 16.0 Å². The number of benzene rings is 1. The molecule has 0 N–H and O–H groups in total. The third-order valence-electron chi connectivity index (χ3n) is 2.77. The van der Waals surface area contributed by atoms with Crippen LogP contribution in [0, 0.1) is 0 Å². The number of carbonyl (C=O) groups excluding carboxylic acids is 2. The maximum atomic E-state index is 12.8. The van der Waals surface area contributed by atoms with Gasteiger partial charge in [0.05, 0.1) is 0 Å². The Labute approximate surface area is 121 Å². The van der Waals surface area contributed by atoms with Crippen LogP contribution in [-0.4, -0.2) is 24.3 Å². The summed E-state index contributed by atoms with van der Waals surface area (Å²) in [5, 5.41) is 0. The Hall–Kier alpha value is -1.85. The zero-order valence-electron chi connectivity index (χ0n) is 11.7. The van der Waals surface area contributed by atoms with Gasteiger partial charge in [0, 0.05) is 19.3 Å². The summed E-state index contributed by atoms with van der Waals surface area (Å²) in [5.74, 6) is -0.260. The number of hydrogen-bond acceptors (Lipinski definition) is 3. The fourth-order valence-electron chi connectivity index (χ4n) is 1.69. The molecule has 6 heteroatoms. The number of carbonyl (C=O) groups is 2. The maximum absolute atomic E-state index is 12.8. The fraction of sp³-hybridized carbons (Fsp3) is 0.467. The van der Waals surface area contributed by atoms with Gasteiger partial charge in [0.15, 0.2) is 6.67 Å². The lowest BCUT2D eigenvalue weighted by Crippen LogP contribution is -2.27. The number of ether oxygens (including phenoxy) is 1. The van der Waals surface area contributed by atoms with Gasteiger partial charge in [-0.25, -0.2) is 4.39 Å². The molecule has 0 aliphatic carbocycles. The van der Waals surface area contributed by atoms with Crippen molar-refractivity contribution in [2.24, 2.45) is 0 Å². The summed E-state index contributed by atoms with van der Waals surface area (Å²) < 4.78 is 41.8. The van der Waals surface area contributed by atoms with Crippen LogP contribution < -0.4 is 4.74 Å². The number of halogens is 3. The highest BCUT2D eigenvalue weighted by Crippen LogP contribution is 2.23. The van der Waals surface area contributed by atoms with Crippen molar-refractivity contribution >= 4 is 11.6 Å². The van der Waals surface area contributed by atoms with E-state index in [0.717, 1.165) is 0 Å². The van der Waals surface area contributed by atoms with Gasteiger partial charge in [-0.2, -0.15) is 8.78 Å². The van der Waals surface area contributed by atoms with Crippen molar-refractivity contribution < 1.29 is 27.5 Å². The Bertz CT molecular complexity index is 501. The zero-order chi connectivity index (χ0) is 15.9. The molecule has 0 radical (unpaired) electrons. The van der Waals surface area contributed by atoms with E-state index >= 15 is 0 Å². The molecule has 21 heavy (non-hydrogen) atoms. The van der Waals surface area contributed by atoms with Gasteiger partial charge < -0.3 is 9.53 Å². The van der Waals surface area contributed by atoms with Crippen LogP contribution in [0.25, 0.3) is 0 Å². The first-order valence-electron chi connectivity index (χ1n) is 6.55. The summed E-state index contributed by atoms with van der Waals surface area (Å²) in [6.07, 6.45) is -2.88. The van der Waals surface area contributed by atoms with Crippen molar-refractivity contribution in [2.75, 3.05) is 6.67 Å².